The molecule has 0 saturated heterocycles. The van der Waals surface area contributed by atoms with Crippen LogP contribution in [-0.2, 0) is 13.6 Å². The molecule has 0 bridgehead atoms. The number of hydrogen-bond acceptors (Lipinski definition) is 3. The first kappa shape index (κ1) is 13.4. The highest BCUT2D eigenvalue weighted by atomic mass is 19.1. The van der Waals surface area contributed by atoms with E-state index in [1.807, 2.05) is 35.9 Å². The highest BCUT2D eigenvalue weighted by molar-refractivity contribution is 5.75. The Morgan fingerprint density at radius 2 is 2.05 bits per heavy atom. The zero-order valence-electron chi connectivity index (χ0n) is 11.9. The smallest absolute Gasteiger partial charge is 0.144 e. The first-order valence-corrected chi connectivity index (χ1v) is 6.67. The molecule has 3 rings (SSSR count). The predicted octanol–water partition coefficient (Wildman–Crippen LogP) is 3.33. The van der Waals surface area contributed by atoms with Gasteiger partial charge in [0.15, 0.2) is 0 Å². The Morgan fingerprint density at radius 1 is 1.24 bits per heavy atom. The maximum absolute atomic E-state index is 13.2. The van der Waals surface area contributed by atoms with Crippen LogP contribution in [0.1, 0.15) is 5.82 Å². The van der Waals surface area contributed by atoms with E-state index in [2.05, 4.69) is 10.3 Å². The third-order valence-corrected chi connectivity index (χ3v) is 3.48. The van der Waals surface area contributed by atoms with Gasteiger partial charge in [0.2, 0.25) is 0 Å². The van der Waals surface area contributed by atoms with Crippen molar-refractivity contribution in [2.45, 2.75) is 6.54 Å². The molecule has 0 atom stereocenters. The SMILES string of the molecule is COc1cc(F)ccc1NCc1nc2ccccc2n1C. The zero-order valence-corrected chi connectivity index (χ0v) is 11.9. The van der Waals surface area contributed by atoms with Gasteiger partial charge in [0, 0.05) is 13.1 Å². The fraction of sp³-hybridized carbons (Fsp3) is 0.188. The molecule has 1 N–H and O–H groups in total. The number of ether oxygens (including phenoxy) is 1. The van der Waals surface area contributed by atoms with Crippen molar-refractivity contribution < 1.29 is 9.13 Å². The highest BCUT2D eigenvalue weighted by Crippen LogP contribution is 2.25. The molecule has 21 heavy (non-hydrogen) atoms. The monoisotopic (exact) mass is 285 g/mol. The van der Waals surface area contributed by atoms with E-state index in [0.717, 1.165) is 22.5 Å². The Morgan fingerprint density at radius 3 is 2.81 bits per heavy atom. The van der Waals surface area contributed by atoms with Crippen molar-refractivity contribution >= 4 is 16.7 Å². The number of methoxy groups -OCH3 is 1. The average molecular weight is 285 g/mol. The summed E-state index contributed by atoms with van der Waals surface area (Å²) in [5.74, 6) is 1.07. The number of rotatable bonds is 4. The molecule has 108 valence electrons. The Bertz CT molecular complexity index is 782. The minimum Gasteiger partial charge on any atom is -0.494 e. The molecule has 0 saturated carbocycles. The van der Waals surface area contributed by atoms with Gasteiger partial charge < -0.3 is 14.6 Å². The molecule has 0 spiro atoms. The Kier molecular flexibility index (Phi) is 3.48. The second-order valence-electron chi connectivity index (χ2n) is 4.77. The number of halogens is 1. The van der Waals surface area contributed by atoms with E-state index in [4.69, 9.17) is 4.74 Å². The molecule has 5 heteroatoms. The fourth-order valence-electron chi connectivity index (χ4n) is 2.34. The number of hydrogen-bond donors (Lipinski definition) is 1. The lowest BCUT2D eigenvalue weighted by Gasteiger charge is -2.11. The van der Waals surface area contributed by atoms with Gasteiger partial charge >= 0.3 is 0 Å². The second-order valence-corrected chi connectivity index (χ2v) is 4.77. The van der Waals surface area contributed by atoms with Crippen molar-refractivity contribution in [3.63, 3.8) is 0 Å². The lowest BCUT2D eigenvalue weighted by molar-refractivity contribution is 0.413. The number of aryl methyl sites for hydroxylation is 1. The van der Waals surface area contributed by atoms with Crippen molar-refractivity contribution in [3.8, 4) is 5.75 Å². The van der Waals surface area contributed by atoms with Crippen LogP contribution in [0.25, 0.3) is 11.0 Å². The molecule has 0 unspecified atom stereocenters. The van der Waals surface area contributed by atoms with Gasteiger partial charge in [0.05, 0.1) is 30.4 Å². The van der Waals surface area contributed by atoms with Crippen LogP contribution in [-0.4, -0.2) is 16.7 Å². The van der Waals surface area contributed by atoms with Crippen molar-refractivity contribution in [2.24, 2.45) is 7.05 Å². The maximum atomic E-state index is 13.2. The van der Waals surface area contributed by atoms with Crippen molar-refractivity contribution in [1.82, 2.24) is 9.55 Å². The lowest BCUT2D eigenvalue weighted by atomic mass is 10.3. The Balaban J connectivity index is 1.85. The molecule has 4 nitrogen and oxygen atoms in total. The zero-order chi connectivity index (χ0) is 14.8. The summed E-state index contributed by atoms with van der Waals surface area (Å²) in [6.07, 6.45) is 0. The van der Waals surface area contributed by atoms with Crippen LogP contribution < -0.4 is 10.1 Å². The molecule has 1 aromatic heterocycles. The van der Waals surface area contributed by atoms with E-state index in [0.29, 0.717) is 12.3 Å². The van der Waals surface area contributed by atoms with Gasteiger partial charge in [-0.3, -0.25) is 0 Å². The maximum Gasteiger partial charge on any atom is 0.144 e. The number of imidazole rings is 1. The molecule has 2 aromatic carbocycles. The molecule has 0 fully saturated rings. The number of fused-ring (bicyclic) bond motifs is 1. The summed E-state index contributed by atoms with van der Waals surface area (Å²) in [6.45, 7) is 0.535. The van der Waals surface area contributed by atoms with Crippen LogP contribution in [0.4, 0.5) is 10.1 Å². The van der Waals surface area contributed by atoms with Gasteiger partial charge in [-0.15, -0.1) is 0 Å². The van der Waals surface area contributed by atoms with Gasteiger partial charge in [0.25, 0.3) is 0 Å². The topological polar surface area (TPSA) is 39.1 Å². The molecule has 0 aliphatic rings. The van der Waals surface area contributed by atoms with E-state index in [-0.39, 0.29) is 5.82 Å². The third kappa shape index (κ3) is 2.54. The van der Waals surface area contributed by atoms with Crippen molar-refractivity contribution in [3.05, 3.63) is 54.1 Å². The number of benzene rings is 2. The van der Waals surface area contributed by atoms with Crippen LogP contribution in [0.15, 0.2) is 42.5 Å². The first-order valence-electron chi connectivity index (χ1n) is 6.67. The molecular weight excluding hydrogens is 269 g/mol. The fourth-order valence-corrected chi connectivity index (χ4v) is 2.34. The lowest BCUT2D eigenvalue weighted by Crippen LogP contribution is -2.07. The van der Waals surface area contributed by atoms with E-state index in [1.54, 1.807) is 6.07 Å². The molecular formula is C16H16FN3O. The van der Waals surface area contributed by atoms with Crippen molar-refractivity contribution in [1.29, 1.82) is 0 Å². The number of aromatic nitrogens is 2. The molecule has 0 aliphatic carbocycles. The third-order valence-electron chi connectivity index (χ3n) is 3.48. The van der Waals surface area contributed by atoms with Gasteiger partial charge in [-0.2, -0.15) is 0 Å². The van der Waals surface area contributed by atoms with Crippen LogP contribution in [0.3, 0.4) is 0 Å². The second kappa shape index (κ2) is 5.44. The van der Waals surface area contributed by atoms with Crippen LogP contribution in [0, 0.1) is 5.82 Å². The molecule has 0 amide bonds. The number of para-hydroxylation sites is 2. The van der Waals surface area contributed by atoms with Crippen molar-refractivity contribution in [2.75, 3.05) is 12.4 Å². The number of nitrogens with one attached hydrogen (secondary N) is 1. The van der Waals surface area contributed by atoms with Crippen LogP contribution in [0.5, 0.6) is 5.75 Å². The summed E-state index contributed by atoms with van der Waals surface area (Å²) in [5, 5.41) is 3.23. The minimum absolute atomic E-state index is 0.319. The van der Waals surface area contributed by atoms with Gasteiger partial charge in [-0.05, 0) is 24.3 Å². The summed E-state index contributed by atoms with van der Waals surface area (Å²) in [6, 6.07) is 12.4. The van der Waals surface area contributed by atoms with E-state index in [9.17, 15) is 4.39 Å². The summed E-state index contributed by atoms with van der Waals surface area (Å²) < 4.78 is 20.4. The van der Waals surface area contributed by atoms with E-state index >= 15 is 0 Å². The molecule has 3 aromatic rings. The van der Waals surface area contributed by atoms with Gasteiger partial charge in [-0.1, -0.05) is 12.1 Å². The van der Waals surface area contributed by atoms with Crippen LogP contribution in [0.2, 0.25) is 0 Å². The summed E-state index contributed by atoms with van der Waals surface area (Å²) >= 11 is 0. The molecule has 0 radical (unpaired) electrons. The number of anilines is 1. The standard InChI is InChI=1S/C16H16FN3O/c1-20-14-6-4-3-5-12(14)19-16(20)10-18-13-8-7-11(17)9-15(13)21-2/h3-9,18H,10H2,1-2H3. The van der Waals surface area contributed by atoms with E-state index in [1.165, 1.54) is 19.2 Å². The summed E-state index contributed by atoms with van der Waals surface area (Å²) in [7, 11) is 3.50. The minimum atomic E-state index is -0.319. The van der Waals surface area contributed by atoms with E-state index < -0.39 is 0 Å². The highest BCUT2D eigenvalue weighted by Gasteiger charge is 2.09. The predicted molar refractivity (Wildman–Crippen MR) is 81.0 cm³/mol. The first-order chi connectivity index (χ1) is 10.2. The average Bonchev–Trinajstić information content (AvgIpc) is 2.83. The molecule has 0 aliphatic heterocycles. The van der Waals surface area contributed by atoms with Gasteiger partial charge in [0.1, 0.15) is 17.4 Å². The Hall–Kier alpha value is -2.56. The Labute approximate surface area is 122 Å². The number of nitrogens with zero attached hydrogens (tertiary/aromatic N) is 2. The largest absolute Gasteiger partial charge is 0.494 e. The van der Waals surface area contributed by atoms with Gasteiger partial charge in [-0.25, -0.2) is 9.37 Å². The normalized spacial score (nSPS) is 10.8. The van der Waals surface area contributed by atoms with Crippen LogP contribution >= 0.6 is 0 Å². The molecule has 1 heterocycles. The summed E-state index contributed by atoms with van der Waals surface area (Å²) in [5.41, 5.74) is 2.79. The summed E-state index contributed by atoms with van der Waals surface area (Å²) in [4.78, 5) is 4.59. The quantitative estimate of drug-likeness (QED) is 0.799.